The molecule has 3 aromatic carbocycles. The van der Waals surface area contributed by atoms with Crippen molar-refractivity contribution in [3.63, 3.8) is 0 Å². The predicted octanol–water partition coefficient (Wildman–Crippen LogP) is 15.7. The molecule has 3 N–H and O–H groups in total. The summed E-state index contributed by atoms with van der Waals surface area (Å²) in [7, 11) is 0. The highest BCUT2D eigenvalue weighted by molar-refractivity contribution is 6.31. The van der Waals surface area contributed by atoms with Gasteiger partial charge in [0.2, 0.25) is 5.75 Å². The van der Waals surface area contributed by atoms with Crippen molar-refractivity contribution in [2.45, 2.75) is 220 Å². The van der Waals surface area contributed by atoms with Crippen LogP contribution in [0.15, 0.2) is 54.1 Å². The van der Waals surface area contributed by atoms with Crippen molar-refractivity contribution in [2.75, 3.05) is 33.0 Å². The van der Waals surface area contributed by atoms with E-state index in [1.165, 1.54) is 160 Å². The van der Waals surface area contributed by atoms with Crippen molar-refractivity contribution < 1.29 is 38.1 Å². The molecule has 1 saturated heterocycles. The molecule has 0 saturated carbocycles. The molecule has 1 heterocycles. The molecule has 4 rings (SSSR count). The van der Waals surface area contributed by atoms with Crippen molar-refractivity contribution in [3.8, 4) is 23.0 Å². The van der Waals surface area contributed by atoms with E-state index in [9.17, 15) is 19.2 Å². The van der Waals surface area contributed by atoms with Crippen LogP contribution in [-0.2, 0) is 9.59 Å². The maximum absolute atomic E-state index is 13.9. The van der Waals surface area contributed by atoms with Crippen molar-refractivity contribution in [1.82, 2.24) is 16.0 Å². The first-order chi connectivity index (χ1) is 35.3. The van der Waals surface area contributed by atoms with Gasteiger partial charge in [0.15, 0.2) is 11.5 Å². The van der Waals surface area contributed by atoms with Gasteiger partial charge in [0.05, 0.1) is 26.4 Å². The number of fused-ring (bicyclic) bond motifs is 1. The molecule has 400 valence electrons. The maximum Gasteiger partial charge on any atom is 0.328 e. The first kappa shape index (κ1) is 59.5. The zero-order valence-electron chi connectivity index (χ0n) is 44.9. The Labute approximate surface area is 434 Å². The summed E-state index contributed by atoms with van der Waals surface area (Å²) in [6.45, 7) is 9.29. The van der Waals surface area contributed by atoms with Gasteiger partial charge in [0.1, 0.15) is 11.3 Å². The standard InChI is InChI=1S/C61H93N3O8/c1-4-7-10-13-16-19-22-25-28-31-40-70-55-47-52(48-56(71-41-32-29-26-23-20-17-14-11-8-5-2)57(55)72-42-33-30-27-24-21-18-15-12-9-6-3)58(65)62-39-34-43-69-53-38-37-50-44-49(35-36-51(50)46-53)45-54-59(66)63-61(68)64-60(54)67/h35-38,44-48H,4-34,39-43H2,1-3H3,(H,62,65)(H2,63,64,66,67,68). The lowest BCUT2D eigenvalue weighted by Crippen LogP contribution is -2.51. The second-order valence-electron chi connectivity index (χ2n) is 19.9. The average molecular weight is 996 g/mol. The molecule has 72 heavy (non-hydrogen) atoms. The van der Waals surface area contributed by atoms with Crippen LogP contribution in [0.4, 0.5) is 4.79 Å². The van der Waals surface area contributed by atoms with E-state index in [2.05, 4.69) is 36.7 Å². The van der Waals surface area contributed by atoms with Crippen LogP contribution < -0.4 is 34.9 Å². The van der Waals surface area contributed by atoms with E-state index in [-0.39, 0.29) is 11.5 Å². The second-order valence-corrected chi connectivity index (χ2v) is 19.9. The zero-order chi connectivity index (χ0) is 51.3. The van der Waals surface area contributed by atoms with Crippen LogP contribution in [0.1, 0.15) is 236 Å². The van der Waals surface area contributed by atoms with E-state index < -0.39 is 17.8 Å². The molecule has 1 fully saturated rings. The van der Waals surface area contributed by atoms with Gasteiger partial charge in [0.25, 0.3) is 17.7 Å². The highest BCUT2D eigenvalue weighted by Crippen LogP contribution is 2.40. The Morgan fingerprint density at radius 2 is 0.861 bits per heavy atom. The number of urea groups is 1. The molecule has 1 aliphatic heterocycles. The van der Waals surface area contributed by atoms with Crippen LogP contribution >= 0.6 is 0 Å². The first-order valence-corrected chi connectivity index (χ1v) is 28.7. The fraction of sp³-hybridized carbons (Fsp3) is 0.639. The molecule has 0 radical (unpaired) electrons. The predicted molar refractivity (Wildman–Crippen MR) is 295 cm³/mol. The number of nitrogens with one attached hydrogen (secondary N) is 3. The van der Waals surface area contributed by atoms with Gasteiger partial charge in [0, 0.05) is 12.1 Å². The minimum Gasteiger partial charge on any atom is -0.494 e. The molecule has 0 unspecified atom stereocenters. The molecule has 0 bridgehead atoms. The Bertz CT molecular complexity index is 1980. The topological polar surface area (TPSA) is 141 Å². The molecule has 3 aromatic rings. The summed E-state index contributed by atoms with van der Waals surface area (Å²) in [4.78, 5) is 49.7. The van der Waals surface area contributed by atoms with E-state index >= 15 is 0 Å². The lowest BCUT2D eigenvalue weighted by atomic mass is 10.0. The van der Waals surface area contributed by atoms with E-state index in [0.717, 1.165) is 49.3 Å². The number of unbranched alkanes of at least 4 members (excludes halogenated alkanes) is 27. The Morgan fingerprint density at radius 3 is 1.33 bits per heavy atom. The quantitative estimate of drug-likeness (QED) is 0.0289. The van der Waals surface area contributed by atoms with Crippen LogP contribution in [0.5, 0.6) is 23.0 Å². The smallest absolute Gasteiger partial charge is 0.328 e. The third-order valence-corrected chi connectivity index (χ3v) is 13.5. The molecule has 5 amide bonds. The van der Waals surface area contributed by atoms with Gasteiger partial charge in [-0.3, -0.25) is 25.0 Å². The molecule has 0 aromatic heterocycles. The van der Waals surface area contributed by atoms with Crippen LogP contribution in [0.25, 0.3) is 16.8 Å². The van der Waals surface area contributed by atoms with Crippen LogP contribution in [-0.4, -0.2) is 56.7 Å². The van der Waals surface area contributed by atoms with Gasteiger partial charge >= 0.3 is 6.03 Å². The summed E-state index contributed by atoms with van der Waals surface area (Å²) in [5.74, 6) is 0.788. The summed E-state index contributed by atoms with van der Waals surface area (Å²) < 4.78 is 25.7. The summed E-state index contributed by atoms with van der Waals surface area (Å²) in [5, 5.41) is 9.11. The maximum atomic E-state index is 13.9. The van der Waals surface area contributed by atoms with Crippen LogP contribution in [0.3, 0.4) is 0 Å². The van der Waals surface area contributed by atoms with E-state index in [1.54, 1.807) is 6.07 Å². The van der Waals surface area contributed by atoms with Gasteiger partial charge in [-0.15, -0.1) is 0 Å². The molecule has 0 atom stereocenters. The van der Waals surface area contributed by atoms with Gasteiger partial charge in [-0.05, 0) is 78.4 Å². The minimum absolute atomic E-state index is 0.136. The third kappa shape index (κ3) is 24.6. The summed E-state index contributed by atoms with van der Waals surface area (Å²) in [6, 6.07) is 14.1. The Kier molecular flexibility index (Phi) is 31.1. The highest BCUT2D eigenvalue weighted by atomic mass is 16.5. The number of imide groups is 2. The molecule has 0 aliphatic carbocycles. The molecule has 11 nitrogen and oxygen atoms in total. The molecule has 1 aliphatic rings. The van der Waals surface area contributed by atoms with Gasteiger partial charge in [-0.1, -0.05) is 212 Å². The molecule has 11 heteroatoms. The SMILES string of the molecule is CCCCCCCCCCCCOc1cc(C(=O)NCCCOc2ccc3cc(C=C4C(=O)NC(=O)NC4=O)ccc3c2)cc(OCCCCCCCCCCCC)c1OCCCCCCCCCCCC. The summed E-state index contributed by atoms with van der Waals surface area (Å²) in [5.41, 5.74) is 0.998. The van der Waals surface area contributed by atoms with Crippen LogP contribution in [0, 0.1) is 0 Å². The van der Waals surface area contributed by atoms with E-state index in [1.807, 2.05) is 42.5 Å². The summed E-state index contributed by atoms with van der Waals surface area (Å²) >= 11 is 0. The third-order valence-electron chi connectivity index (χ3n) is 13.5. The number of benzene rings is 3. The number of hydrogen-bond donors (Lipinski definition) is 3. The Morgan fingerprint density at radius 1 is 0.458 bits per heavy atom. The normalized spacial score (nSPS) is 12.5. The van der Waals surface area contributed by atoms with Crippen LogP contribution in [0.2, 0.25) is 0 Å². The summed E-state index contributed by atoms with van der Waals surface area (Å²) in [6.07, 6.45) is 39.5. The van der Waals surface area contributed by atoms with Gasteiger partial charge in [-0.25, -0.2) is 4.79 Å². The second kappa shape index (κ2) is 37.7. The monoisotopic (exact) mass is 996 g/mol. The number of carbonyl (C=O) groups excluding carboxylic acids is 4. The number of rotatable bonds is 43. The molecule has 0 spiro atoms. The number of hydrogen-bond acceptors (Lipinski definition) is 8. The lowest BCUT2D eigenvalue weighted by Gasteiger charge is -2.19. The largest absolute Gasteiger partial charge is 0.494 e. The fourth-order valence-corrected chi connectivity index (χ4v) is 9.13. The first-order valence-electron chi connectivity index (χ1n) is 28.7. The minimum atomic E-state index is -0.830. The lowest BCUT2D eigenvalue weighted by molar-refractivity contribution is -0.123. The average Bonchev–Trinajstić information content (AvgIpc) is 3.37. The number of ether oxygens (including phenoxy) is 4. The van der Waals surface area contributed by atoms with Crippen molar-refractivity contribution in [3.05, 3.63) is 65.2 Å². The van der Waals surface area contributed by atoms with E-state index in [0.29, 0.717) is 73.5 Å². The van der Waals surface area contributed by atoms with Crippen molar-refractivity contribution in [1.29, 1.82) is 0 Å². The van der Waals surface area contributed by atoms with E-state index in [4.69, 9.17) is 18.9 Å². The molecular formula is C61H93N3O8. The molecular weight excluding hydrogens is 903 g/mol. The zero-order valence-corrected chi connectivity index (χ0v) is 44.9. The number of amides is 5. The highest BCUT2D eigenvalue weighted by Gasteiger charge is 2.27. The Balaban J connectivity index is 1.35. The number of barbiturate groups is 1. The van der Waals surface area contributed by atoms with Crippen molar-refractivity contribution in [2.24, 2.45) is 0 Å². The van der Waals surface area contributed by atoms with Gasteiger partial charge < -0.3 is 24.3 Å². The van der Waals surface area contributed by atoms with Gasteiger partial charge in [-0.2, -0.15) is 0 Å². The number of carbonyl (C=O) groups is 4. The van der Waals surface area contributed by atoms with Crippen molar-refractivity contribution >= 4 is 40.6 Å². The Hall–Kier alpha value is -5.06. The fourth-order valence-electron chi connectivity index (χ4n) is 9.13.